The molecular weight excluding hydrogens is 314 g/mol. The minimum atomic E-state index is -1.79. The molecule has 0 saturated heterocycles. The van der Waals surface area contributed by atoms with E-state index < -0.39 is 6.08 Å². The lowest BCUT2D eigenvalue weighted by Crippen LogP contribution is -2.32. The maximum atomic E-state index is 12.6. The van der Waals surface area contributed by atoms with Crippen molar-refractivity contribution < 1.29 is 17.4 Å². The molecule has 2 aromatic rings. The summed E-state index contributed by atoms with van der Waals surface area (Å²) >= 11 is 0. The van der Waals surface area contributed by atoms with Crippen LogP contribution in [0.3, 0.4) is 0 Å². The number of carbonyl (C=O) groups is 1. The van der Waals surface area contributed by atoms with Gasteiger partial charge >= 0.3 is 0 Å². The Morgan fingerprint density at radius 1 is 1.28 bits per heavy atom. The van der Waals surface area contributed by atoms with Crippen LogP contribution < -0.4 is 10.1 Å². The Morgan fingerprint density at radius 2 is 2.08 bits per heavy atom. The second kappa shape index (κ2) is 10.6. The molecule has 0 radical (unpaired) electrons. The van der Waals surface area contributed by atoms with Crippen LogP contribution in [0.15, 0.2) is 54.6 Å². The Hall–Kier alpha value is -2.17. The highest BCUT2D eigenvalue weighted by atomic mass is 16.5. The molecule has 4 nitrogen and oxygen atoms in total. The number of carbonyl (C=O) groups excluding carboxylic acids is 1. The number of benzene rings is 2. The average molecular weight is 343 g/mol. The number of hydrogen-bond acceptors (Lipinski definition) is 4. The normalized spacial score (nSPS) is 14.3. The molecule has 2 aromatic carbocycles. The summed E-state index contributed by atoms with van der Waals surface area (Å²) in [7, 11) is 0. The van der Waals surface area contributed by atoms with E-state index in [-0.39, 0.29) is 25.0 Å². The van der Waals surface area contributed by atoms with Crippen molar-refractivity contribution in [3.05, 3.63) is 65.7 Å². The summed E-state index contributed by atoms with van der Waals surface area (Å²) in [5, 5.41) is 13.1. The molecule has 2 rings (SSSR count). The molecule has 0 fully saturated rings. The second-order valence-electron chi connectivity index (χ2n) is 5.86. The van der Waals surface area contributed by atoms with Gasteiger partial charge < -0.3 is 15.2 Å². The summed E-state index contributed by atoms with van der Waals surface area (Å²) in [6, 6.07) is 14.5. The standard InChI is InChI=1S/C21H27NO3/c1-2-14-22-15-18(23)16-25-21-11-7-6-10-19(21)20(24)13-12-17-8-4-3-5-9-17/h3-11,18,22-23H,2,12-16H2,1H3/i6D,18D. The highest BCUT2D eigenvalue weighted by molar-refractivity contribution is 5.98. The van der Waals surface area contributed by atoms with Gasteiger partial charge in [-0.1, -0.05) is 49.4 Å². The molecule has 0 heterocycles. The second-order valence-corrected chi connectivity index (χ2v) is 5.86. The Kier molecular flexibility index (Phi) is 6.94. The fraction of sp³-hybridized carbons (Fsp3) is 0.381. The topological polar surface area (TPSA) is 58.6 Å². The van der Waals surface area contributed by atoms with E-state index in [1.807, 2.05) is 37.3 Å². The lowest BCUT2D eigenvalue weighted by molar-refractivity contribution is 0.0950. The van der Waals surface area contributed by atoms with Crippen molar-refractivity contribution >= 4 is 5.78 Å². The third-order valence-electron chi connectivity index (χ3n) is 3.76. The zero-order valence-electron chi connectivity index (χ0n) is 16.6. The summed E-state index contributed by atoms with van der Waals surface area (Å²) in [4.78, 5) is 12.6. The van der Waals surface area contributed by atoms with Crippen molar-refractivity contribution in [2.45, 2.75) is 32.3 Å². The molecule has 25 heavy (non-hydrogen) atoms. The molecule has 0 aliphatic heterocycles. The van der Waals surface area contributed by atoms with Crippen LogP contribution in [0.25, 0.3) is 0 Å². The van der Waals surface area contributed by atoms with Crippen LogP contribution in [0.2, 0.25) is 0 Å². The first-order valence-electron chi connectivity index (χ1n) is 9.65. The van der Waals surface area contributed by atoms with E-state index in [0.717, 1.165) is 12.0 Å². The lowest BCUT2D eigenvalue weighted by atomic mass is 10.0. The molecule has 4 heteroatoms. The number of rotatable bonds is 11. The summed E-state index contributed by atoms with van der Waals surface area (Å²) in [5.74, 6) is 0.172. The first kappa shape index (κ1) is 16.3. The van der Waals surface area contributed by atoms with Crippen LogP contribution in [-0.2, 0) is 6.42 Å². The Bertz CT molecular complexity index is 735. The maximum absolute atomic E-state index is 12.6. The first-order chi connectivity index (χ1) is 12.9. The summed E-state index contributed by atoms with van der Waals surface area (Å²) in [6.07, 6.45) is 0.0127. The van der Waals surface area contributed by atoms with Crippen molar-refractivity contribution in [3.8, 4) is 5.75 Å². The Labute approximate surface area is 152 Å². The maximum Gasteiger partial charge on any atom is 0.166 e. The van der Waals surface area contributed by atoms with E-state index in [1.165, 1.54) is 12.1 Å². The molecule has 0 spiro atoms. The van der Waals surface area contributed by atoms with E-state index >= 15 is 0 Å². The average Bonchev–Trinajstić information content (AvgIpc) is 2.66. The quantitative estimate of drug-likeness (QED) is 0.486. The van der Waals surface area contributed by atoms with Crippen molar-refractivity contribution in [2.24, 2.45) is 0 Å². The molecule has 0 amide bonds. The number of ether oxygens (including phenoxy) is 1. The molecule has 1 atom stereocenters. The third-order valence-corrected chi connectivity index (χ3v) is 3.76. The molecule has 0 bridgehead atoms. The molecule has 134 valence electrons. The van der Waals surface area contributed by atoms with Gasteiger partial charge in [0.25, 0.3) is 0 Å². The molecule has 0 aromatic heterocycles. The van der Waals surface area contributed by atoms with Crippen molar-refractivity contribution in [1.29, 1.82) is 0 Å². The fourth-order valence-electron chi connectivity index (χ4n) is 2.42. The van der Waals surface area contributed by atoms with Crippen molar-refractivity contribution in [1.82, 2.24) is 5.32 Å². The number of ketones is 1. The zero-order chi connectivity index (χ0) is 19.7. The smallest absolute Gasteiger partial charge is 0.166 e. The van der Waals surface area contributed by atoms with Gasteiger partial charge in [-0.2, -0.15) is 0 Å². The van der Waals surface area contributed by atoms with Gasteiger partial charge in [-0.15, -0.1) is 0 Å². The Balaban J connectivity index is 2.01. The van der Waals surface area contributed by atoms with Gasteiger partial charge in [-0.05, 0) is 37.1 Å². The highest BCUT2D eigenvalue weighted by Gasteiger charge is 2.13. The first-order valence-corrected chi connectivity index (χ1v) is 8.65. The van der Waals surface area contributed by atoms with E-state index in [9.17, 15) is 9.90 Å². The molecule has 0 saturated carbocycles. The number of nitrogens with one attached hydrogen (secondary N) is 1. The van der Waals surface area contributed by atoms with E-state index in [4.69, 9.17) is 7.48 Å². The minimum absolute atomic E-state index is 0.0780. The molecule has 0 aliphatic carbocycles. The van der Waals surface area contributed by atoms with Crippen LogP contribution in [0, 0.1) is 0 Å². The molecular formula is C21H27NO3. The molecule has 1 unspecified atom stereocenters. The predicted octanol–water partition coefficient (Wildman–Crippen LogP) is 3.24. The third kappa shape index (κ3) is 6.69. The van der Waals surface area contributed by atoms with Gasteiger partial charge in [-0.25, -0.2) is 0 Å². The number of para-hydroxylation sites is 1. The van der Waals surface area contributed by atoms with Crippen molar-refractivity contribution in [2.75, 3.05) is 19.7 Å². The number of Topliss-reactive ketones (excluding diaryl/α,β-unsaturated/α-hetero) is 1. The van der Waals surface area contributed by atoms with Gasteiger partial charge in [0.05, 0.1) is 8.30 Å². The van der Waals surface area contributed by atoms with Crippen LogP contribution in [0.4, 0.5) is 0 Å². The van der Waals surface area contributed by atoms with E-state index in [1.54, 1.807) is 6.07 Å². The van der Waals surface area contributed by atoms with Gasteiger partial charge in [0.1, 0.15) is 18.4 Å². The summed E-state index contributed by atoms with van der Waals surface area (Å²) < 4.78 is 21.3. The fourth-order valence-corrected chi connectivity index (χ4v) is 2.42. The molecule has 0 aliphatic rings. The monoisotopic (exact) mass is 343 g/mol. The largest absolute Gasteiger partial charge is 0.490 e. The van der Waals surface area contributed by atoms with Gasteiger partial charge in [0, 0.05) is 13.0 Å². The summed E-state index contributed by atoms with van der Waals surface area (Å²) in [6.45, 7) is 2.52. The van der Waals surface area contributed by atoms with Gasteiger partial charge in [-0.3, -0.25) is 4.79 Å². The van der Waals surface area contributed by atoms with Crippen LogP contribution in [0.1, 0.15) is 38.4 Å². The lowest BCUT2D eigenvalue weighted by Gasteiger charge is -2.15. The van der Waals surface area contributed by atoms with Crippen molar-refractivity contribution in [3.63, 3.8) is 0 Å². The minimum Gasteiger partial charge on any atom is -0.490 e. The van der Waals surface area contributed by atoms with Crippen LogP contribution in [-0.4, -0.2) is 36.7 Å². The SMILES string of the molecule is [2H]c1ccc(OCC([2H])(O)CNCCC)c(C(=O)CCc2ccccc2)c1. The number of hydrogen-bond donors (Lipinski definition) is 2. The van der Waals surface area contributed by atoms with E-state index in [0.29, 0.717) is 30.7 Å². The zero-order valence-corrected chi connectivity index (χ0v) is 14.6. The summed E-state index contributed by atoms with van der Waals surface area (Å²) in [5.41, 5.74) is 1.38. The number of aliphatic hydroxyl groups is 1. The highest BCUT2D eigenvalue weighted by Crippen LogP contribution is 2.20. The number of aryl methyl sites for hydroxylation is 1. The van der Waals surface area contributed by atoms with Gasteiger partial charge in [0.15, 0.2) is 5.78 Å². The van der Waals surface area contributed by atoms with Crippen LogP contribution in [0.5, 0.6) is 5.75 Å². The van der Waals surface area contributed by atoms with Crippen LogP contribution >= 0.6 is 0 Å². The van der Waals surface area contributed by atoms with E-state index in [2.05, 4.69) is 5.32 Å². The Morgan fingerprint density at radius 3 is 2.84 bits per heavy atom. The van der Waals surface area contributed by atoms with Gasteiger partial charge in [0.2, 0.25) is 0 Å². The predicted molar refractivity (Wildman–Crippen MR) is 100 cm³/mol. The molecule has 2 N–H and O–H groups in total.